The van der Waals surface area contributed by atoms with Gasteiger partial charge in [-0.1, -0.05) is 11.6 Å². The van der Waals surface area contributed by atoms with Crippen LogP contribution in [-0.4, -0.2) is 14.7 Å². The Labute approximate surface area is 80.4 Å². The molecule has 0 radical (unpaired) electrons. The lowest BCUT2D eigenvalue weighted by molar-refractivity contribution is 0.607. The van der Waals surface area contributed by atoms with Crippen molar-refractivity contribution in [3.05, 3.63) is 16.0 Å². The van der Waals surface area contributed by atoms with Crippen LogP contribution in [-0.2, 0) is 10.0 Å². The summed E-state index contributed by atoms with van der Waals surface area (Å²) < 4.78 is 23.9. The molecule has 0 amide bonds. The van der Waals surface area contributed by atoms with E-state index in [4.69, 9.17) is 11.6 Å². The number of thiophene rings is 1. The number of halogens is 1. The number of rotatable bonds is 2. The summed E-state index contributed by atoms with van der Waals surface area (Å²) in [4.78, 5) is 0.905. The largest absolute Gasteiger partial charge is 0.275 e. The summed E-state index contributed by atoms with van der Waals surface area (Å²) in [6, 6.07) is 1.60. The van der Waals surface area contributed by atoms with Crippen molar-refractivity contribution in [3.63, 3.8) is 0 Å². The molecule has 0 spiro atoms. The van der Waals surface area contributed by atoms with Gasteiger partial charge in [-0.15, -0.1) is 11.3 Å². The van der Waals surface area contributed by atoms with Gasteiger partial charge in [0.25, 0.3) is 0 Å². The molecule has 0 saturated heterocycles. The smallest absolute Gasteiger partial charge is 0.230 e. The van der Waals surface area contributed by atoms with Crippen molar-refractivity contribution in [2.24, 2.45) is 0 Å². The zero-order chi connectivity index (χ0) is 9.35. The normalized spacial score (nSPS) is 11.6. The Bertz CT molecular complexity index is 363. The Hall–Kier alpha value is -0.260. The maximum atomic E-state index is 10.8. The Kier molecular flexibility index (Phi) is 2.65. The van der Waals surface area contributed by atoms with E-state index in [9.17, 15) is 8.42 Å². The van der Waals surface area contributed by atoms with Crippen LogP contribution in [0.3, 0.4) is 0 Å². The number of anilines is 1. The molecule has 0 aliphatic carbocycles. The van der Waals surface area contributed by atoms with Crippen molar-refractivity contribution >= 4 is 38.0 Å². The van der Waals surface area contributed by atoms with Crippen molar-refractivity contribution in [2.45, 2.75) is 6.92 Å². The van der Waals surface area contributed by atoms with E-state index in [0.29, 0.717) is 10.0 Å². The predicted octanol–water partition coefficient (Wildman–Crippen LogP) is 2.08. The molecule has 0 bridgehead atoms. The third-order valence-electron chi connectivity index (χ3n) is 1.14. The number of hydrogen-bond acceptors (Lipinski definition) is 3. The van der Waals surface area contributed by atoms with E-state index >= 15 is 0 Å². The SMILES string of the molecule is Cc1sc(NS(C)(=O)=O)cc1Cl. The van der Waals surface area contributed by atoms with Gasteiger partial charge < -0.3 is 0 Å². The molecule has 68 valence electrons. The molecule has 1 aromatic rings. The van der Waals surface area contributed by atoms with Gasteiger partial charge >= 0.3 is 0 Å². The van der Waals surface area contributed by atoms with E-state index in [1.807, 2.05) is 6.92 Å². The summed E-state index contributed by atoms with van der Waals surface area (Å²) in [6.45, 7) is 1.83. The van der Waals surface area contributed by atoms with Gasteiger partial charge in [0.05, 0.1) is 11.3 Å². The molecule has 0 atom stereocenters. The van der Waals surface area contributed by atoms with Crippen molar-refractivity contribution in [2.75, 3.05) is 11.0 Å². The lowest BCUT2D eigenvalue weighted by Crippen LogP contribution is -2.07. The Balaban J connectivity index is 2.92. The van der Waals surface area contributed by atoms with Crippen molar-refractivity contribution in [3.8, 4) is 0 Å². The lowest BCUT2D eigenvalue weighted by atomic mass is 10.5. The van der Waals surface area contributed by atoms with Crippen LogP contribution in [0.5, 0.6) is 0 Å². The summed E-state index contributed by atoms with van der Waals surface area (Å²) in [7, 11) is -3.18. The summed E-state index contributed by atoms with van der Waals surface area (Å²) in [5, 5.41) is 1.14. The molecular formula is C6H8ClNO2S2. The Morgan fingerprint density at radius 1 is 1.58 bits per heavy atom. The molecule has 0 aliphatic rings. The second-order valence-corrected chi connectivity index (χ2v) is 5.80. The number of aryl methyl sites for hydroxylation is 1. The Morgan fingerprint density at radius 2 is 2.17 bits per heavy atom. The van der Waals surface area contributed by atoms with Gasteiger partial charge in [-0.05, 0) is 13.0 Å². The Morgan fingerprint density at radius 3 is 2.50 bits per heavy atom. The molecule has 0 aliphatic heterocycles. The van der Waals surface area contributed by atoms with E-state index in [1.54, 1.807) is 6.07 Å². The van der Waals surface area contributed by atoms with Crippen LogP contribution in [0.1, 0.15) is 4.88 Å². The van der Waals surface area contributed by atoms with Gasteiger partial charge in [0.15, 0.2) is 0 Å². The first-order chi connectivity index (χ1) is 5.38. The van der Waals surface area contributed by atoms with E-state index in [1.165, 1.54) is 11.3 Å². The first kappa shape index (κ1) is 9.83. The highest BCUT2D eigenvalue weighted by Gasteiger charge is 2.06. The van der Waals surface area contributed by atoms with Gasteiger partial charge in [0, 0.05) is 4.88 Å². The maximum Gasteiger partial charge on any atom is 0.230 e. The topological polar surface area (TPSA) is 46.2 Å². The fraction of sp³-hybridized carbons (Fsp3) is 0.333. The molecule has 12 heavy (non-hydrogen) atoms. The van der Waals surface area contributed by atoms with Crippen LogP contribution in [0.4, 0.5) is 5.00 Å². The van der Waals surface area contributed by atoms with Crippen LogP contribution in [0.2, 0.25) is 5.02 Å². The van der Waals surface area contributed by atoms with E-state index < -0.39 is 10.0 Å². The molecule has 1 aromatic heterocycles. The number of hydrogen-bond donors (Lipinski definition) is 1. The maximum absolute atomic E-state index is 10.8. The number of nitrogens with one attached hydrogen (secondary N) is 1. The van der Waals surface area contributed by atoms with E-state index in [2.05, 4.69) is 4.72 Å². The van der Waals surface area contributed by atoms with Crippen LogP contribution < -0.4 is 4.72 Å². The van der Waals surface area contributed by atoms with Crippen molar-refractivity contribution < 1.29 is 8.42 Å². The average molecular weight is 226 g/mol. The van der Waals surface area contributed by atoms with Crippen LogP contribution in [0, 0.1) is 6.92 Å². The molecular weight excluding hydrogens is 218 g/mol. The highest BCUT2D eigenvalue weighted by atomic mass is 35.5. The van der Waals surface area contributed by atoms with Gasteiger partial charge in [-0.2, -0.15) is 0 Å². The van der Waals surface area contributed by atoms with Gasteiger partial charge in [-0.25, -0.2) is 8.42 Å². The van der Waals surface area contributed by atoms with E-state index in [0.717, 1.165) is 11.1 Å². The molecule has 3 nitrogen and oxygen atoms in total. The minimum absolute atomic E-state index is 0.556. The van der Waals surface area contributed by atoms with Crippen molar-refractivity contribution in [1.82, 2.24) is 0 Å². The molecule has 1 rings (SSSR count). The molecule has 1 N–H and O–H groups in total. The molecule has 0 unspecified atom stereocenters. The molecule has 0 fully saturated rings. The fourth-order valence-corrected chi connectivity index (χ4v) is 2.69. The molecule has 1 heterocycles. The summed E-state index contributed by atoms with van der Waals surface area (Å²) in [5.41, 5.74) is 0. The molecule has 6 heteroatoms. The predicted molar refractivity (Wildman–Crippen MR) is 52.5 cm³/mol. The zero-order valence-corrected chi connectivity index (χ0v) is 8.98. The molecule has 0 saturated carbocycles. The van der Waals surface area contributed by atoms with Crippen molar-refractivity contribution in [1.29, 1.82) is 0 Å². The summed E-state index contributed by atoms with van der Waals surface area (Å²) in [6.07, 6.45) is 1.11. The minimum Gasteiger partial charge on any atom is -0.275 e. The standard InChI is InChI=1S/C6H8ClNO2S2/c1-4-5(7)3-6(11-4)8-12(2,9)10/h3,8H,1-2H3. The quantitative estimate of drug-likeness (QED) is 0.838. The highest BCUT2D eigenvalue weighted by molar-refractivity contribution is 7.92. The second kappa shape index (κ2) is 3.24. The second-order valence-electron chi connectivity index (χ2n) is 2.39. The van der Waals surface area contributed by atoms with Gasteiger partial charge in [0.1, 0.15) is 5.00 Å². The van der Waals surface area contributed by atoms with Crippen LogP contribution in [0.15, 0.2) is 6.07 Å². The third-order valence-corrected chi connectivity index (χ3v) is 3.33. The van der Waals surface area contributed by atoms with Crippen LogP contribution in [0.25, 0.3) is 0 Å². The summed E-state index contributed by atoms with van der Waals surface area (Å²) in [5.74, 6) is 0. The average Bonchev–Trinajstić information content (AvgIpc) is 2.07. The zero-order valence-electron chi connectivity index (χ0n) is 6.59. The highest BCUT2D eigenvalue weighted by Crippen LogP contribution is 2.30. The van der Waals surface area contributed by atoms with Gasteiger partial charge in [-0.3, -0.25) is 4.72 Å². The first-order valence-electron chi connectivity index (χ1n) is 3.12. The van der Waals surface area contributed by atoms with Crippen LogP contribution >= 0.6 is 22.9 Å². The third kappa shape index (κ3) is 2.66. The monoisotopic (exact) mass is 225 g/mol. The lowest BCUT2D eigenvalue weighted by Gasteiger charge is -1.96. The van der Waals surface area contributed by atoms with E-state index in [-0.39, 0.29) is 0 Å². The van der Waals surface area contributed by atoms with Gasteiger partial charge in [0.2, 0.25) is 10.0 Å². The molecule has 0 aromatic carbocycles. The number of sulfonamides is 1. The fourth-order valence-electron chi connectivity index (χ4n) is 0.693. The first-order valence-corrected chi connectivity index (χ1v) is 6.21. The summed E-state index contributed by atoms with van der Waals surface area (Å²) >= 11 is 7.05. The minimum atomic E-state index is -3.18.